The summed E-state index contributed by atoms with van der Waals surface area (Å²) in [5.74, 6) is 3.15. The molecule has 0 unspecified atom stereocenters. The third-order valence-electron chi connectivity index (χ3n) is 5.59. The van der Waals surface area contributed by atoms with Gasteiger partial charge in [-0.05, 0) is 68.2 Å². The van der Waals surface area contributed by atoms with Crippen molar-refractivity contribution in [3.63, 3.8) is 0 Å². The first-order chi connectivity index (χ1) is 8.23. The highest BCUT2D eigenvalue weighted by Gasteiger charge is 2.50. The third-order valence-corrected chi connectivity index (χ3v) is 5.59. The molecule has 0 aliphatic heterocycles. The molecule has 0 spiro atoms. The lowest BCUT2D eigenvalue weighted by Crippen LogP contribution is -2.51. The van der Waals surface area contributed by atoms with E-state index in [1.165, 1.54) is 45.1 Å². The van der Waals surface area contributed by atoms with Crippen LogP contribution in [0.2, 0.25) is 0 Å². The molecule has 0 saturated heterocycles. The predicted octanol–water partition coefficient (Wildman–Crippen LogP) is 2.52. The maximum Gasteiger partial charge on any atom is 0.0558 e. The lowest BCUT2D eigenvalue weighted by molar-refractivity contribution is -0.0696. The van der Waals surface area contributed by atoms with E-state index in [9.17, 15) is 0 Å². The van der Waals surface area contributed by atoms with Gasteiger partial charge in [0.2, 0.25) is 0 Å². The first kappa shape index (κ1) is 12.0. The quantitative estimate of drug-likeness (QED) is 0.794. The van der Waals surface area contributed by atoms with Gasteiger partial charge in [-0.3, -0.25) is 0 Å². The summed E-state index contributed by atoms with van der Waals surface area (Å²) in [6, 6.07) is 0. The number of hydrogen-bond acceptors (Lipinski definition) is 2. The van der Waals surface area contributed by atoms with Crippen molar-refractivity contribution in [2.45, 2.75) is 45.4 Å². The van der Waals surface area contributed by atoms with Crippen molar-refractivity contribution in [2.75, 3.05) is 26.2 Å². The molecule has 0 amide bonds. The van der Waals surface area contributed by atoms with Crippen LogP contribution >= 0.6 is 0 Å². The van der Waals surface area contributed by atoms with Gasteiger partial charge in [0, 0.05) is 13.1 Å². The average Bonchev–Trinajstić information content (AvgIpc) is 2.26. The van der Waals surface area contributed by atoms with Crippen molar-refractivity contribution in [1.82, 2.24) is 4.90 Å². The molecule has 0 aromatic carbocycles. The van der Waals surface area contributed by atoms with E-state index >= 15 is 0 Å². The van der Waals surface area contributed by atoms with Gasteiger partial charge >= 0.3 is 0 Å². The molecule has 4 aliphatic rings. The summed E-state index contributed by atoms with van der Waals surface area (Å²) in [6.07, 6.45) is 9.06. The Hall–Kier alpha value is -0.0800. The summed E-state index contributed by atoms with van der Waals surface area (Å²) in [7, 11) is 0. The zero-order chi connectivity index (χ0) is 11.9. The molecule has 4 rings (SSSR count). The fraction of sp³-hybridized carbons (Fsp3) is 1.00. The maximum absolute atomic E-state index is 9.14. The van der Waals surface area contributed by atoms with Gasteiger partial charge in [0.15, 0.2) is 0 Å². The second-order valence-electron chi connectivity index (χ2n) is 7.01. The minimum Gasteiger partial charge on any atom is -0.395 e. The Morgan fingerprint density at radius 1 is 1.06 bits per heavy atom. The smallest absolute Gasteiger partial charge is 0.0558 e. The molecule has 2 nitrogen and oxygen atoms in total. The van der Waals surface area contributed by atoms with Gasteiger partial charge in [-0.2, -0.15) is 0 Å². The minimum atomic E-state index is 0.320. The van der Waals surface area contributed by atoms with E-state index < -0.39 is 0 Å². The summed E-state index contributed by atoms with van der Waals surface area (Å²) in [5, 5.41) is 9.14. The Morgan fingerprint density at radius 3 is 2.00 bits per heavy atom. The van der Waals surface area contributed by atoms with Crippen LogP contribution < -0.4 is 0 Å². The number of nitrogens with zero attached hydrogens (tertiary/aromatic N) is 1. The Kier molecular flexibility index (Phi) is 3.20. The monoisotopic (exact) mass is 237 g/mol. The normalized spacial score (nSPS) is 43.6. The number of aliphatic hydroxyl groups excluding tert-OH is 1. The van der Waals surface area contributed by atoms with Crippen LogP contribution in [0.25, 0.3) is 0 Å². The van der Waals surface area contributed by atoms with Crippen LogP contribution in [-0.2, 0) is 0 Å². The van der Waals surface area contributed by atoms with Crippen LogP contribution in [0.5, 0.6) is 0 Å². The highest BCUT2D eigenvalue weighted by Crippen LogP contribution is 2.60. The fourth-order valence-corrected chi connectivity index (χ4v) is 5.45. The first-order valence-corrected chi connectivity index (χ1v) is 7.56. The molecule has 4 saturated carbocycles. The van der Waals surface area contributed by atoms with E-state index in [4.69, 9.17) is 5.11 Å². The van der Waals surface area contributed by atoms with Gasteiger partial charge in [-0.15, -0.1) is 0 Å². The summed E-state index contributed by atoms with van der Waals surface area (Å²) >= 11 is 0. The zero-order valence-corrected chi connectivity index (χ0v) is 11.2. The highest BCUT2D eigenvalue weighted by molar-refractivity contribution is 5.02. The van der Waals surface area contributed by atoms with Gasteiger partial charge in [0.25, 0.3) is 0 Å². The molecule has 4 aliphatic carbocycles. The Labute approximate surface area is 105 Å². The molecule has 4 fully saturated rings. The molecular formula is C15H27NO. The van der Waals surface area contributed by atoms with Crippen LogP contribution in [0, 0.1) is 23.2 Å². The topological polar surface area (TPSA) is 23.5 Å². The molecule has 0 aromatic rings. The minimum absolute atomic E-state index is 0.320. The molecule has 0 heterocycles. The summed E-state index contributed by atoms with van der Waals surface area (Å²) in [6.45, 7) is 5.78. The fourth-order valence-electron chi connectivity index (χ4n) is 5.45. The molecule has 17 heavy (non-hydrogen) atoms. The summed E-state index contributed by atoms with van der Waals surface area (Å²) in [5.41, 5.74) is 0.639. The Balaban J connectivity index is 1.69. The van der Waals surface area contributed by atoms with E-state index in [1.54, 1.807) is 0 Å². The SMILES string of the molecule is CCN(CCO)CC12CC3CC(CC(C3)C1)C2. The highest BCUT2D eigenvalue weighted by atomic mass is 16.3. The standard InChI is InChI=1S/C15H27NO/c1-2-16(3-4-17)11-15-8-12-5-13(9-15)7-14(6-12)10-15/h12-14,17H,2-11H2,1H3. The van der Waals surface area contributed by atoms with E-state index in [0.29, 0.717) is 12.0 Å². The van der Waals surface area contributed by atoms with E-state index in [-0.39, 0.29) is 0 Å². The van der Waals surface area contributed by atoms with Crippen LogP contribution in [0.15, 0.2) is 0 Å². The number of rotatable bonds is 5. The number of aliphatic hydroxyl groups is 1. The molecule has 98 valence electrons. The van der Waals surface area contributed by atoms with Crippen LogP contribution in [0.3, 0.4) is 0 Å². The lowest BCUT2D eigenvalue weighted by Gasteiger charge is -2.58. The molecular weight excluding hydrogens is 210 g/mol. The summed E-state index contributed by atoms with van der Waals surface area (Å²) < 4.78 is 0. The number of likely N-dealkylation sites (N-methyl/N-ethyl adjacent to an activating group) is 1. The first-order valence-electron chi connectivity index (χ1n) is 7.56. The van der Waals surface area contributed by atoms with Gasteiger partial charge in [-0.25, -0.2) is 0 Å². The lowest BCUT2D eigenvalue weighted by atomic mass is 9.49. The van der Waals surface area contributed by atoms with Crippen molar-refractivity contribution < 1.29 is 5.11 Å². The molecule has 2 heteroatoms. The second-order valence-corrected chi connectivity index (χ2v) is 7.01. The van der Waals surface area contributed by atoms with Gasteiger partial charge in [0.05, 0.1) is 6.61 Å². The van der Waals surface area contributed by atoms with Crippen LogP contribution in [0.1, 0.15) is 45.4 Å². The van der Waals surface area contributed by atoms with Gasteiger partial charge in [-0.1, -0.05) is 6.92 Å². The largest absolute Gasteiger partial charge is 0.395 e. The molecule has 0 radical (unpaired) electrons. The second kappa shape index (κ2) is 4.55. The van der Waals surface area contributed by atoms with Crippen LogP contribution in [0.4, 0.5) is 0 Å². The molecule has 0 aromatic heterocycles. The Morgan fingerprint density at radius 2 is 1.59 bits per heavy atom. The van der Waals surface area contributed by atoms with Gasteiger partial charge < -0.3 is 10.0 Å². The maximum atomic E-state index is 9.14. The average molecular weight is 237 g/mol. The zero-order valence-electron chi connectivity index (χ0n) is 11.2. The van der Waals surface area contributed by atoms with Crippen molar-refractivity contribution in [3.05, 3.63) is 0 Å². The number of hydrogen-bond donors (Lipinski definition) is 1. The molecule has 1 N–H and O–H groups in total. The molecule has 4 bridgehead atoms. The summed E-state index contributed by atoms with van der Waals surface area (Å²) in [4.78, 5) is 2.48. The van der Waals surface area contributed by atoms with Crippen molar-refractivity contribution >= 4 is 0 Å². The van der Waals surface area contributed by atoms with Gasteiger partial charge in [0.1, 0.15) is 0 Å². The van der Waals surface area contributed by atoms with Crippen LogP contribution in [-0.4, -0.2) is 36.2 Å². The van der Waals surface area contributed by atoms with E-state index in [1.807, 2.05) is 0 Å². The third kappa shape index (κ3) is 2.26. The van der Waals surface area contributed by atoms with E-state index in [2.05, 4.69) is 11.8 Å². The van der Waals surface area contributed by atoms with Crippen molar-refractivity contribution in [1.29, 1.82) is 0 Å². The van der Waals surface area contributed by atoms with Crippen molar-refractivity contribution in [2.24, 2.45) is 23.2 Å². The predicted molar refractivity (Wildman–Crippen MR) is 69.8 cm³/mol. The molecule has 0 atom stereocenters. The van der Waals surface area contributed by atoms with E-state index in [0.717, 1.165) is 30.8 Å². The Bertz CT molecular complexity index is 241. The van der Waals surface area contributed by atoms with Crippen molar-refractivity contribution in [3.8, 4) is 0 Å².